The number of carboxylic acid groups (broad SMARTS) is 3. The quantitative estimate of drug-likeness (QED) is 0.0501. The number of carboxylic acids is 3. The van der Waals surface area contributed by atoms with Gasteiger partial charge in [0.25, 0.3) is 10.1 Å². The molecule has 2 rings (SSSR count). The second-order valence-corrected chi connectivity index (χ2v) is 19.6. The lowest BCUT2D eigenvalue weighted by Gasteiger charge is -2.11. The first-order valence-corrected chi connectivity index (χ1v) is 24.8. The topological polar surface area (TPSA) is 348 Å². The van der Waals surface area contributed by atoms with E-state index in [2.05, 4.69) is 10.6 Å². The molecule has 1 saturated heterocycles. The first-order valence-electron chi connectivity index (χ1n) is 18.8. The van der Waals surface area contributed by atoms with Crippen molar-refractivity contribution in [1.29, 1.82) is 0 Å². The Morgan fingerprint density at radius 3 is 1.74 bits per heavy atom. The van der Waals surface area contributed by atoms with Gasteiger partial charge in [-0.15, -0.1) is 23.5 Å². The van der Waals surface area contributed by atoms with Crippen molar-refractivity contribution in [2.45, 2.75) is 98.6 Å². The molecule has 4 amide bonds. The van der Waals surface area contributed by atoms with E-state index in [0.717, 1.165) is 42.1 Å². The van der Waals surface area contributed by atoms with E-state index in [4.69, 9.17) is 40.9 Å². The third-order valence-electron chi connectivity index (χ3n) is 7.15. The van der Waals surface area contributed by atoms with Gasteiger partial charge in [-0.1, -0.05) is 60.0 Å². The number of nitrogens with zero attached hydrogens (tertiary/aromatic N) is 1. The number of nitrogens with two attached hydrogens (primary N) is 2. The summed E-state index contributed by atoms with van der Waals surface area (Å²) >= 11 is 5.36. The van der Waals surface area contributed by atoms with Crippen molar-refractivity contribution >= 4 is 105 Å². The summed E-state index contributed by atoms with van der Waals surface area (Å²) in [6.45, 7) is 5.95. The largest absolute Gasteiger partial charge is 0.481 e. The van der Waals surface area contributed by atoms with E-state index >= 15 is 0 Å². The minimum absolute atomic E-state index is 0. The van der Waals surface area contributed by atoms with Crippen LogP contribution in [-0.2, 0) is 53.3 Å². The second-order valence-electron chi connectivity index (χ2n) is 13.2. The molecular formula is C41H77N5O15S5. The Bertz CT molecular complexity index is 1610. The molecule has 20 nitrogen and oxygen atoms in total. The lowest BCUT2D eigenvalue weighted by Crippen LogP contribution is -2.30. The number of carbonyl (C=O) groups is 7. The minimum Gasteiger partial charge on any atom is -0.481 e. The standard InChI is InChI=1S/C11H13NO3S.C10H17NO5S.C8H16N2OS.C7H15NO4S2.CO2.4CH4/c12-9(13)6-7-16-10(11(14)15)8-4-2-1-3-5-8;1-6(2)11-8(12)3-4-17-7(10(15)16)5-9(13)14;9-8(11)2-4-12-6-7-1-3-10-5-7;1-8(2)7(9)3-4-13-5-6-14(10,11)12;2-1-3;;;;/h1-5,10H,6-7H2,(H2,12,13)(H,14,15);6-7H,3-5H2,1-2H3,(H,11,12)(H,13,14)(H,15,16);7,10H,1-6H2,(H2,9,11);3-6H2,1-2H3,(H,10,11,12);;4*1H4. The Kier molecular flexibility index (Phi) is 55.2. The number of aliphatic carboxylic acids is 3. The van der Waals surface area contributed by atoms with Crippen LogP contribution in [0.3, 0.4) is 0 Å². The van der Waals surface area contributed by atoms with Crippen LogP contribution in [0.4, 0.5) is 0 Å². The van der Waals surface area contributed by atoms with Gasteiger partial charge in [-0.3, -0.25) is 38.1 Å². The van der Waals surface area contributed by atoms with Crippen LogP contribution in [0.1, 0.15) is 92.9 Å². The van der Waals surface area contributed by atoms with Gasteiger partial charge in [0.15, 0.2) is 0 Å². The highest BCUT2D eigenvalue weighted by Crippen LogP contribution is 2.29. The Morgan fingerprint density at radius 2 is 1.32 bits per heavy atom. The summed E-state index contributed by atoms with van der Waals surface area (Å²) in [5.41, 5.74) is 10.7. The molecule has 0 saturated carbocycles. The highest BCUT2D eigenvalue weighted by molar-refractivity contribution is 8.01. The van der Waals surface area contributed by atoms with Crippen molar-refractivity contribution in [2.24, 2.45) is 17.4 Å². The average Bonchev–Trinajstić information content (AvgIpc) is 3.68. The van der Waals surface area contributed by atoms with Gasteiger partial charge in [0.1, 0.15) is 10.5 Å². The predicted octanol–water partition coefficient (Wildman–Crippen LogP) is 4.23. The maximum absolute atomic E-state index is 11.2. The van der Waals surface area contributed by atoms with Crippen LogP contribution in [-0.4, -0.2) is 160 Å². The zero-order chi connectivity index (χ0) is 48.1. The smallest absolute Gasteiger partial charge is 0.373 e. The number of benzene rings is 1. The Labute approximate surface area is 409 Å². The van der Waals surface area contributed by atoms with Gasteiger partial charge in [-0.2, -0.15) is 41.5 Å². The number of amides is 4. The predicted molar refractivity (Wildman–Crippen MR) is 268 cm³/mol. The highest BCUT2D eigenvalue weighted by Gasteiger charge is 2.22. The zero-order valence-corrected chi connectivity index (χ0v) is 39.3. The van der Waals surface area contributed by atoms with E-state index < -0.39 is 50.9 Å². The highest BCUT2D eigenvalue weighted by atomic mass is 32.2. The number of thioether (sulfide) groups is 4. The molecule has 0 bridgehead atoms. The number of hydrogen-bond acceptors (Lipinski definition) is 16. The first kappa shape index (κ1) is 76.4. The van der Waals surface area contributed by atoms with Crippen LogP contribution in [0.15, 0.2) is 30.3 Å². The minimum atomic E-state index is -3.86. The fourth-order valence-corrected chi connectivity index (χ4v) is 9.21. The summed E-state index contributed by atoms with van der Waals surface area (Å²) in [4.78, 5) is 93.1. The van der Waals surface area contributed by atoms with E-state index in [1.54, 1.807) is 38.4 Å². The Morgan fingerprint density at radius 1 is 0.803 bits per heavy atom. The number of hydrogen-bond donors (Lipinski definition) is 8. The van der Waals surface area contributed by atoms with E-state index in [9.17, 15) is 42.0 Å². The number of rotatable bonds is 25. The summed E-state index contributed by atoms with van der Waals surface area (Å²) in [6, 6.07) is 8.98. The van der Waals surface area contributed by atoms with Gasteiger partial charge in [-0.05, 0) is 50.6 Å². The van der Waals surface area contributed by atoms with Crippen LogP contribution < -0.4 is 22.1 Å². The molecule has 1 aromatic rings. The fourth-order valence-electron chi connectivity index (χ4n) is 4.21. The molecule has 1 aliphatic rings. The third kappa shape index (κ3) is 52.8. The van der Waals surface area contributed by atoms with Gasteiger partial charge >= 0.3 is 24.1 Å². The number of primary amides is 2. The molecular weight excluding hydrogens is 963 g/mol. The summed E-state index contributed by atoms with van der Waals surface area (Å²) in [6.07, 6.45) is 2.39. The van der Waals surface area contributed by atoms with Crippen molar-refractivity contribution < 1.29 is 71.4 Å². The molecule has 66 heavy (non-hydrogen) atoms. The summed E-state index contributed by atoms with van der Waals surface area (Å²) in [5.74, 6) is 0.241. The van der Waals surface area contributed by atoms with E-state index in [1.165, 1.54) is 40.6 Å². The van der Waals surface area contributed by atoms with E-state index in [1.807, 2.05) is 31.7 Å². The fraction of sp³-hybridized carbons (Fsp3) is 0.659. The second kappa shape index (κ2) is 47.6. The van der Waals surface area contributed by atoms with Crippen LogP contribution in [0.2, 0.25) is 0 Å². The molecule has 0 aromatic heterocycles. The van der Waals surface area contributed by atoms with Crippen LogP contribution in [0.5, 0.6) is 0 Å². The molecule has 10 N–H and O–H groups in total. The van der Waals surface area contributed by atoms with Gasteiger partial charge in [-0.25, -0.2) is 0 Å². The molecule has 386 valence electrons. The summed E-state index contributed by atoms with van der Waals surface area (Å²) in [5, 5.41) is 30.7. The van der Waals surface area contributed by atoms with Crippen molar-refractivity contribution in [2.75, 3.05) is 67.5 Å². The zero-order valence-electron chi connectivity index (χ0n) is 35.2. The molecule has 25 heteroatoms. The van der Waals surface area contributed by atoms with E-state index in [-0.39, 0.29) is 78.2 Å². The van der Waals surface area contributed by atoms with Crippen molar-refractivity contribution in [3.63, 3.8) is 0 Å². The number of nitrogens with one attached hydrogen (secondary N) is 2. The SMILES string of the molecule is C.C.C.C.CC(C)NC(=O)CCSC(CC(=O)O)C(=O)O.CN(C)C(=O)CCSCCS(=O)(=O)O.NC(=O)CCSC(C(=O)O)c1ccccc1.NC(=O)CCSCC1CCNC1.O=C=O. The molecule has 1 fully saturated rings. The van der Waals surface area contributed by atoms with Crippen LogP contribution in [0.25, 0.3) is 0 Å². The molecule has 0 aliphatic carbocycles. The lowest BCUT2D eigenvalue weighted by atomic mass is 10.1. The maximum Gasteiger partial charge on any atom is 0.373 e. The average molecular weight is 1040 g/mol. The molecule has 3 unspecified atom stereocenters. The molecule has 1 aromatic carbocycles. The van der Waals surface area contributed by atoms with Gasteiger partial charge in [0.05, 0.1) is 12.2 Å². The molecule has 3 atom stereocenters. The Balaban J connectivity index is -0.000000136. The molecule has 0 spiro atoms. The Hall–Kier alpha value is -3.84. The first-order chi connectivity index (χ1) is 29.0. The van der Waals surface area contributed by atoms with Gasteiger partial charge < -0.3 is 42.3 Å². The third-order valence-corrected chi connectivity index (χ3v) is 12.8. The normalized spacial score (nSPS) is 12.7. The van der Waals surface area contributed by atoms with Crippen LogP contribution >= 0.6 is 47.0 Å². The van der Waals surface area contributed by atoms with Crippen molar-refractivity contribution in [3.8, 4) is 0 Å². The molecule has 1 aliphatic heterocycles. The maximum atomic E-state index is 11.2. The molecule has 0 radical (unpaired) electrons. The monoisotopic (exact) mass is 1040 g/mol. The molecule has 1 heterocycles. The number of carbonyl (C=O) groups excluding carboxylic acids is 6. The van der Waals surface area contributed by atoms with Crippen LogP contribution in [0, 0.1) is 5.92 Å². The van der Waals surface area contributed by atoms with E-state index in [0.29, 0.717) is 35.9 Å². The summed E-state index contributed by atoms with van der Waals surface area (Å²) < 4.78 is 29.0. The van der Waals surface area contributed by atoms with Crippen molar-refractivity contribution in [1.82, 2.24) is 15.5 Å². The lowest BCUT2D eigenvalue weighted by molar-refractivity contribution is -0.192. The van der Waals surface area contributed by atoms with Gasteiger partial charge in [0.2, 0.25) is 23.6 Å². The van der Waals surface area contributed by atoms with Crippen molar-refractivity contribution in [3.05, 3.63) is 35.9 Å². The van der Waals surface area contributed by atoms with Gasteiger partial charge in [0, 0.05) is 74.6 Å². The summed E-state index contributed by atoms with van der Waals surface area (Å²) in [7, 11) is -0.514.